The summed E-state index contributed by atoms with van der Waals surface area (Å²) in [5, 5.41) is 17.5. The first-order chi connectivity index (χ1) is 9.02. The van der Waals surface area contributed by atoms with Gasteiger partial charge in [0, 0.05) is 11.8 Å². The van der Waals surface area contributed by atoms with Crippen molar-refractivity contribution in [2.45, 2.75) is 91.7 Å². The topological polar surface area (TPSA) is 83.5 Å². The molecule has 0 saturated heterocycles. The number of hydrogen-bond donors (Lipinski definition) is 3. The lowest BCUT2D eigenvalue weighted by atomic mass is 9.85. The highest BCUT2D eigenvalue weighted by molar-refractivity contribution is 5.66. The quantitative estimate of drug-likeness (QED) is 0.467. The lowest BCUT2D eigenvalue weighted by Crippen LogP contribution is -2.48. The Bertz CT molecular complexity index is 227. The highest BCUT2D eigenvalue weighted by atomic mass is 16.4. The molecule has 122 valence electrons. The van der Waals surface area contributed by atoms with Gasteiger partial charge < -0.3 is 15.9 Å². The largest absolute Gasteiger partial charge is 0.481 e. The Balaban J connectivity index is 0. The molecule has 0 amide bonds. The van der Waals surface area contributed by atoms with Gasteiger partial charge in [-0.25, -0.2) is 0 Å². The zero-order valence-electron chi connectivity index (χ0n) is 14.0. The number of aliphatic hydroxyl groups is 1. The van der Waals surface area contributed by atoms with Crippen molar-refractivity contribution in [3.05, 3.63) is 0 Å². The van der Waals surface area contributed by atoms with Crippen LogP contribution in [-0.2, 0) is 4.79 Å². The maximum atomic E-state index is 10.1. The molecule has 0 aliphatic heterocycles. The normalized spacial score (nSPS) is 14.2. The molecule has 4 N–H and O–H groups in total. The van der Waals surface area contributed by atoms with Crippen molar-refractivity contribution in [3.63, 3.8) is 0 Å². The lowest BCUT2D eigenvalue weighted by molar-refractivity contribution is -0.137. The minimum absolute atomic E-state index is 0.229. The number of carboxylic acids is 1. The van der Waals surface area contributed by atoms with E-state index in [-0.39, 0.29) is 5.41 Å². The summed E-state index contributed by atoms with van der Waals surface area (Å²) in [6.45, 7) is 9.49. The van der Waals surface area contributed by atoms with Crippen molar-refractivity contribution in [2.24, 2.45) is 11.1 Å². The van der Waals surface area contributed by atoms with E-state index < -0.39 is 11.7 Å². The molecule has 20 heavy (non-hydrogen) atoms. The molecule has 4 heteroatoms. The van der Waals surface area contributed by atoms with E-state index in [2.05, 4.69) is 6.92 Å². The van der Waals surface area contributed by atoms with E-state index in [1.54, 1.807) is 6.92 Å². The van der Waals surface area contributed by atoms with Gasteiger partial charge in [0.15, 0.2) is 0 Å². The van der Waals surface area contributed by atoms with E-state index in [1.165, 1.54) is 32.1 Å². The summed E-state index contributed by atoms with van der Waals surface area (Å²) in [5.74, 6) is -0.663. The predicted octanol–water partition coefficient (Wildman–Crippen LogP) is 3.91. The maximum absolute atomic E-state index is 10.1. The smallest absolute Gasteiger partial charge is 0.303 e. The van der Waals surface area contributed by atoms with E-state index in [1.807, 2.05) is 20.8 Å². The van der Waals surface area contributed by atoms with Crippen LogP contribution in [0.4, 0.5) is 0 Å². The van der Waals surface area contributed by atoms with E-state index in [0.29, 0.717) is 6.42 Å². The third-order valence-corrected chi connectivity index (χ3v) is 3.51. The Morgan fingerprint density at radius 1 is 0.950 bits per heavy atom. The number of unbranched alkanes of at least 4 members (excludes halogenated alkanes) is 6. The Morgan fingerprint density at radius 2 is 1.30 bits per heavy atom. The standard InChI is InChI=1S/C10H20O2.C6H15NO/c1-2-3-4-5-6-7-8-9-10(11)12;1-5(2,3)6(4,7)8/h2-9H2,1H3,(H,11,12);8H,7H2,1-4H3. The number of nitrogens with two attached hydrogens (primary N) is 1. The summed E-state index contributed by atoms with van der Waals surface area (Å²) < 4.78 is 0. The van der Waals surface area contributed by atoms with Crippen LogP contribution in [-0.4, -0.2) is 21.9 Å². The Morgan fingerprint density at radius 3 is 1.60 bits per heavy atom. The molecule has 0 fully saturated rings. The van der Waals surface area contributed by atoms with Crippen molar-refractivity contribution in [1.82, 2.24) is 0 Å². The van der Waals surface area contributed by atoms with Crippen molar-refractivity contribution in [3.8, 4) is 0 Å². The van der Waals surface area contributed by atoms with Gasteiger partial charge in [0.1, 0.15) is 5.72 Å². The molecule has 0 aliphatic carbocycles. The van der Waals surface area contributed by atoms with Crippen LogP contribution in [0.15, 0.2) is 0 Å². The highest BCUT2D eigenvalue weighted by Gasteiger charge is 2.30. The highest BCUT2D eigenvalue weighted by Crippen LogP contribution is 2.24. The van der Waals surface area contributed by atoms with Gasteiger partial charge in [-0.3, -0.25) is 4.79 Å². The van der Waals surface area contributed by atoms with Crippen molar-refractivity contribution >= 4 is 5.97 Å². The SMILES string of the molecule is CC(C)(C)C(C)(N)O.CCCCCCCCCC(=O)O. The molecule has 1 unspecified atom stereocenters. The van der Waals surface area contributed by atoms with Gasteiger partial charge in [-0.05, 0) is 13.3 Å². The third kappa shape index (κ3) is 15.4. The molecular formula is C16H35NO3. The van der Waals surface area contributed by atoms with E-state index in [4.69, 9.17) is 15.9 Å². The third-order valence-electron chi connectivity index (χ3n) is 3.51. The zero-order valence-corrected chi connectivity index (χ0v) is 14.0. The van der Waals surface area contributed by atoms with Crippen LogP contribution in [0, 0.1) is 5.41 Å². The number of carboxylic acid groups (broad SMARTS) is 1. The average Bonchev–Trinajstić information content (AvgIpc) is 2.25. The van der Waals surface area contributed by atoms with Crippen molar-refractivity contribution in [1.29, 1.82) is 0 Å². The number of carbonyl (C=O) groups is 1. The molecule has 0 rings (SSSR count). The fourth-order valence-electron chi connectivity index (χ4n) is 1.23. The first-order valence-corrected chi connectivity index (χ1v) is 7.75. The fourth-order valence-corrected chi connectivity index (χ4v) is 1.23. The van der Waals surface area contributed by atoms with Crippen LogP contribution in [0.5, 0.6) is 0 Å². The van der Waals surface area contributed by atoms with Gasteiger partial charge in [-0.1, -0.05) is 66.2 Å². The summed E-state index contributed by atoms with van der Waals surface area (Å²) in [5.41, 5.74) is 4.08. The Hall–Kier alpha value is -0.610. The van der Waals surface area contributed by atoms with Crippen LogP contribution in [0.3, 0.4) is 0 Å². The second-order valence-corrected chi connectivity index (χ2v) is 6.66. The van der Waals surface area contributed by atoms with Gasteiger partial charge in [0.25, 0.3) is 0 Å². The molecule has 0 aliphatic rings. The molecule has 0 spiro atoms. The Labute approximate surface area is 124 Å². The molecule has 0 aromatic rings. The summed E-state index contributed by atoms with van der Waals surface area (Å²) in [7, 11) is 0. The van der Waals surface area contributed by atoms with E-state index in [9.17, 15) is 4.79 Å². The van der Waals surface area contributed by atoms with Gasteiger partial charge in [0.2, 0.25) is 0 Å². The molecule has 0 aromatic heterocycles. The number of hydrogen-bond acceptors (Lipinski definition) is 3. The maximum Gasteiger partial charge on any atom is 0.303 e. The molecule has 0 aromatic carbocycles. The zero-order chi connectivity index (χ0) is 16.2. The summed E-state index contributed by atoms with van der Waals surface area (Å²) in [6.07, 6.45) is 8.64. The number of rotatable bonds is 8. The molecular weight excluding hydrogens is 254 g/mol. The molecule has 1 atom stereocenters. The van der Waals surface area contributed by atoms with Crippen LogP contribution in [0.2, 0.25) is 0 Å². The van der Waals surface area contributed by atoms with Gasteiger partial charge >= 0.3 is 5.97 Å². The van der Waals surface area contributed by atoms with Gasteiger partial charge in [-0.15, -0.1) is 0 Å². The monoisotopic (exact) mass is 289 g/mol. The fraction of sp³-hybridized carbons (Fsp3) is 0.938. The van der Waals surface area contributed by atoms with Gasteiger partial charge in [0.05, 0.1) is 0 Å². The minimum atomic E-state index is -1.06. The predicted molar refractivity (Wildman–Crippen MR) is 84.5 cm³/mol. The molecule has 0 bridgehead atoms. The van der Waals surface area contributed by atoms with Gasteiger partial charge in [-0.2, -0.15) is 0 Å². The van der Waals surface area contributed by atoms with Crippen LogP contribution >= 0.6 is 0 Å². The lowest BCUT2D eigenvalue weighted by Gasteiger charge is -2.32. The minimum Gasteiger partial charge on any atom is -0.481 e. The molecule has 0 saturated carbocycles. The first kappa shape index (κ1) is 21.7. The first-order valence-electron chi connectivity index (χ1n) is 7.75. The van der Waals surface area contributed by atoms with E-state index in [0.717, 1.165) is 12.8 Å². The van der Waals surface area contributed by atoms with Crippen LogP contribution in [0.1, 0.15) is 86.0 Å². The van der Waals surface area contributed by atoms with Crippen LogP contribution < -0.4 is 5.73 Å². The second-order valence-electron chi connectivity index (χ2n) is 6.66. The summed E-state index contributed by atoms with van der Waals surface area (Å²) in [4.78, 5) is 10.1. The molecule has 0 heterocycles. The second kappa shape index (κ2) is 11.1. The average molecular weight is 289 g/mol. The number of aliphatic carboxylic acids is 1. The van der Waals surface area contributed by atoms with Crippen molar-refractivity contribution in [2.75, 3.05) is 0 Å². The van der Waals surface area contributed by atoms with Crippen molar-refractivity contribution < 1.29 is 15.0 Å². The van der Waals surface area contributed by atoms with E-state index >= 15 is 0 Å². The summed E-state index contributed by atoms with van der Waals surface area (Å²) in [6, 6.07) is 0. The summed E-state index contributed by atoms with van der Waals surface area (Å²) >= 11 is 0. The van der Waals surface area contributed by atoms with Crippen LogP contribution in [0.25, 0.3) is 0 Å². The Kier molecular flexibility index (Phi) is 12.0. The molecule has 4 nitrogen and oxygen atoms in total. The molecule has 0 radical (unpaired) electrons.